The highest BCUT2D eigenvalue weighted by Crippen LogP contribution is 2.31. The Morgan fingerprint density at radius 2 is 1.27 bits per heavy atom. The van der Waals surface area contributed by atoms with Gasteiger partial charge in [-0.15, -0.1) is 0 Å². The van der Waals surface area contributed by atoms with Crippen molar-refractivity contribution in [3.63, 3.8) is 0 Å². The normalized spacial score (nSPS) is 10.8. The lowest BCUT2D eigenvalue weighted by molar-refractivity contribution is 0.295. The minimum atomic E-state index is 0.484. The van der Waals surface area contributed by atoms with Crippen LogP contribution in [0.3, 0.4) is 0 Å². The van der Waals surface area contributed by atoms with Crippen LogP contribution < -0.4 is 4.74 Å². The minimum absolute atomic E-state index is 0.484. The van der Waals surface area contributed by atoms with Crippen molar-refractivity contribution in [2.24, 2.45) is 0 Å². The van der Waals surface area contributed by atoms with Crippen molar-refractivity contribution < 1.29 is 4.74 Å². The molecule has 0 saturated heterocycles. The third kappa shape index (κ3) is 3.78. The van der Waals surface area contributed by atoms with Crippen molar-refractivity contribution in [3.05, 3.63) is 115 Å². The van der Waals surface area contributed by atoms with Gasteiger partial charge in [-0.2, -0.15) is 0 Å². The molecule has 5 rings (SSSR count). The summed E-state index contributed by atoms with van der Waals surface area (Å²) in [5.74, 6) is 0.640. The summed E-state index contributed by atoms with van der Waals surface area (Å²) in [5, 5.41) is 1.11. The molecule has 0 N–H and O–H groups in total. The van der Waals surface area contributed by atoms with Crippen molar-refractivity contribution in [2.75, 3.05) is 0 Å². The molecule has 0 saturated carbocycles. The maximum Gasteiger partial charge on any atom is 0.214 e. The topological polar surface area (TPSA) is 35.0 Å². The monoisotopic (exact) mass is 388 g/mol. The second-order valence-corrected chi connectivity index (χ2v) is 7.11. The van der Waals surface area contributed by atoms with Gasteiger partial charge in [-0.1, -0.05) is 66.7 Å². The van der Waals surface area contributed by atoms with Crippen LogP contribution in [-0.2, 0) is 6.61 Å². The van der Waals surface area contributed by atoms with Gasteiger partial charge < -0.3 is 4.74 Å². The van der Waals surface area contributed by atoms with E-state index in [1.165, 1.54) is 16.7 Å². The zero-order chi connectivity index (χ0) is 20.2. The highest BCUT2D eigenvalue weighted by molar-refractivity contribution is 5.83. The van der Waals surface area contributed by atoms with Gasteiger partial charge in [0.25, 0.3) is 0 Å². The second-order valence-electron chi connectivity index (χ2n) is 7.11. The van der Waals surface area contributed by atoms with E-state index >= 15 is 0 Å². The van der Waals surface area contributed by atoms with Crippen molar-refractivity contribution in [3.8, 4) is 28.1 Å². The van der Waals surface area contributed by atoms with Crippen LogP contribution in [0.2, 0.25) is 0 Å². The number of nitrogens with zero attached hydrogens (tertiary/aromatic N) is 2. The van der Waals surface area contributed by atoms with E-state index in [0.29, 0.717) is 12.5 Å². The molecule has 0 bridgehead atoms. The number of pyridine rings is 2. The lowest BCUT2D eigenvalue weighted by atomic mass is 9.95. The Morgan fingerprint density at radius 1 is 0.600 bits per heavy atom. The molecule has 3 aromatic carbocycles. The molecule has 0 aliphatic rings. The summed E-state index contributed by atoms with van der Waals surface area (Å²) in [4.78, 5) is 8.70. The number of para-hydroxylation sites is 1. The van der Waals surface area contributed by atoms with Crippen LogP contribution in [0.5, 0.6) is 5.88 Å². The SMILES string of the molecule is c1ccc(-c2ccc(COc3ccc4ccccc4n3)cc2)c(-c2ccncc2)c1. The first kappa shape index (κ1) is 18.1. The predicted molar refractivity (Wildman–Crippen MR) is 121 cm³/mol. The molecule has 30 heavy (non-hydrogen) atoms. The molecular weight excluding hydrogens is 368 g/mol. The van der Waals surface area contributed by atoms with E-state index in [9.17, 15) is 0 Å². The molecule has 0 amide bonds. The fraction of sp³-hybridized carbons (Fsp3) is 0.0370. The molecule has 0 spiro atoms. The van der Waals surface area contributed by atoms with Gasteiger partial charge in [-0.05, 0) is 52.1 Å². The van der Waals surface area contributed by atoms with Crippen molar-refractivity contribution in [2.45, 2.75) is 6.61 Å². The molecule has 144 valence electrons. The molecule has 0 radical (unpaired) electrons. The van der Waals surface area contributed by atoms with Crippen LogP contribution in [0.4, 0.5) is 0 Å². The van der Waals surface area contributed by atoms with E-state index in [-0.39, 0.29) is 0 Å². The molecule has 5 aromatic rings. The van der Waals surface area contributed by atoms with Gasteiger partial charge in [0.2, 0.25) is 5.88 Å². The number of hydrogen-bond donors (Lipinski definition) is 0. The fourth-order valence-electron chi connectivity index (χ4n) is 3.58. The molecule has 3 heteroatoms. The third-order valence-electron chi connectivity index (χ3n) is 5.14. The quantitative estimate of drug-likeness (QED) is 0.343. The van der Waals surface area contributed by atoms with Crippen LogP contribution >= 0.6 is 0 Å². The highest BCUT2D eigenvalue weighted by atomic mass is 16.5. The first-order chi connectivity index (χ1) is 14.9. The van der Waals surface area contributed by atoms with Crippen LogP contribution in [0.1, 0.15) is 5.56 Å². The van der Waals surface area contributed by atoms with Gasteiger partial charge in [0.1, 0.15) is 6.61 Å². The van der Waals surface area contributed by atoms with E-state index in [0.717, 1.165) is 22.0 Å². The number of benzene rings is 3. The molecular formula is C27H20N2O. The lowest BCUT2D eigenvalue weighted by Crippen LogP contribution is -1.97. The van der Waals surface area contributed by atoms with Crippen molar-refractivity contribution in [1.29, 1.82) is 0 Å². The molecule has 0 atom stereocenters. The summed E-state index contributed by atoms with van der Waals surface area (Å²) in [6.07, 6.45) is 3.65. The Morgan fingerprint density at radius 3 is 2.03 bits per heavy atom. The molecule has 2 heterocycles. The first-order valence-corrected chi connectivity index (χ1v) is 9.94. The predicted octanol–water partition coefficient (Wildman–Crippen LogP) is 6.54. The summed E-state index contributed by atoms with van der Waals surface area (Å²) in [6.45, 7) is 0.484. The maximum absolute atomic E-state index is 5.92. The number of aromatic nitrogens is 2. The van der Waals surface area contributed by atoms with Gasteiger partial charge in [0, 0.05) is 23.8 Å². The smallest absolute Gasteiger partial charge is 0.214 e. The van der Waals surface area contributed by atoms with Gasteiger partial charge >= 0.3 is 0 Å². The molecule has 2 aromatic heterocycles. The largest absolute Gasteiger partial charge is 0.473 e. The number of hydrogen-bond acceptors (Lipinski definition) is 3. The average Bonchev–Trinajstić information content (AvgIpc) is 2.83. The van der Waals surface area contributed by atoms with Crippen molar-refractivity contribution >= 4 is 10.9 Å². The van der Waals surface area contributed by atoms with Gasteiger partial charge in [0.15, 0.2) is 0 Å². The molecule has 0 aliphatic heterocycles. The average molecular weight is 388 g/mol. The lowest BCUT2D eigenvalue weighted by Gasteiger charge is -2.11. The highest BCUT2D eigenvalue weighted by Gasteiger charge is 2.07. The van der Waals surface area contributed by atoms with Crippen LogP contribution in [0, 0.1) is 0 Å². The van der Waals surface area contributed by atoms with E-state index in [1.807, 2.05) is 54.9 Å². The number of fused-ring (bicyclic) bond motifs is 1. The Bertz CT molecular complexity index is 1280. The van der Waals surface area contributed by atoms with Gasteiger partial charge in [-0.25, -0.2) is 4.98 Å². The number of ether oxygens (including phenoxy) is 1. The summed E-state index contributed by atoms with van der Waals surface area (Å²) < 4.78 is 5.92. The molecule has 0 unspecified atom stereocenters. The summed E-state index contributed by atoms with van der Waals surface area (Å²) >= 11 is 0. The van der Waals surface area contributed by atoms with E-state index in [4.69, 9.17) is 4.74 Å². The summed E-state index contributed by atoms with van der Waals surface area (Å²) in [5.41, 5.74) is 6.79. The van der Waals surface area contributed by atoms with E-state index in [1.54, 1.807) is 0 Å². The maximum atomic E-state index is 5.92. The minimum Gasteiger partial charge on any atom is -0.473 e. The molecule has 3 nitrogen and oxygen atoms in total. The zero-order valence-electron chi connectivity index (χ0n) is 16.4. The Hall–Kier alpha value is -3.98. The van der Waals surface area contributed by atoms with Crippen LogP contribution in [0.15, 0.2) is 109 Å². The Balaban J connectivity index is 1.35. The summed E-state index contributed by atoms with van der Waals surface area (Å²) in [6, 6.07) is 33.0. The van der Waals surface area contributed by atoms with Crippen LogP contribution in [-0.4, -0.2) is 9.97 Å². The standard InChI is InChI=1S/C27H20N2O/c1-4-8-26-23(5-1)13-14-27(29-26)30-19-20-9-11-21(12-10-20)24-6-2-3-7-25(24)22-15-17-28-18-16-22/h1-18H,19H2. The Labute approximate surface area is 175 Å². The Kier molecular flexibility index (Phi) is 4.93. The molecule has 0 fully saturated rings. The van der Waals surface area contributed by atoms with Crippen LogP contribution in [0.25, 0.3) is 33.2 Å². The summed E-state index contributed by atoms with van der Waals surface area (Å²) in [7, 11) is 0. The number of rotatable bonds is 5. The van der Waals surface area contributed by atoms with E-state index in [2.05, 4.69) is 64.6 Å². The first-order valence-electron chi connectivity index (χ1n) is 9.94. The second kappa shape index (κ2) is 8.18. The zero-order valence-corrected chi connectivity index (χ0v) is 16.4. The van der Waals surface area contributed by atoms with Gasteiger partial charge in [0.05, 0.1) is 5.52 Å². The van der Waals surface area contributed by atoms with E-state index < -0.39 is 0 Å². The molecule has 0 aliphatic carbocycles. The fourth-order valence-corrected chi connectivity index (χ4v) is 3.58. The van der Waals surface area contributed by atoms with Crippen molar-refractivity contribution in [1.82, 2.24) is 9.97 Å². The third-order valence-corrected chi connectivity index (χ3v) is 5.14. The van der Waals surface area contributed by atoms with Gasteiger partial charge in [-0.3, -0.25) is 4.98 Å².